The zero-order chi connectivity index (χ0) is 6.95. The van der Waals surface area contributed by atoms with Crippen molar-refractivity contribution in [3.05, 3.63) is 37.0 Å². The van der Waals surface area contributed by atoms with Gasteiger partial charge >= 0.3 is 0 Å². The first-order valence-corrected chi connectivity index (χ1v) is 3.92. The SMILES string of the molecule is C=CCBr.[C-]1=CC=CC1.[Ti]. The Kier molecular flexibility index (Phi) is 15.8. The fraction of sp³-hybridized carbons (Fsp3) is 0.250. The van der Waals surface area contributed by atoms with Gasteiger partial charge in [0, 0.05) is 27.0 Å². The summed E-state index contributed by atoms with van der Waals surface area (Å²) in [5.74, 6) is 0. The van der Waals surface area contributed by atoms with Crippen LogP contribution in [-0.4, -0.2) is 5.33 Å². The van der Waals surface area contributed by atoms with Crippen molar-refractivity contribution < 1.29 is 21.7 Å². The monoisotopic (exact) mass is 233 g/mol. The van der Waals surface area contributed by atoms with Crippen LogP contribution in [0.5, 0.6) is 0 Å². The molecule has 1 aliphatic rings. The summed E-state index contributed by atoms with van der Waals surface area (Å²) < 4.78 is 0. The Labute approximate surface area is 86.1 Å². The Balaban J connectivity index is 0. The van der Waals surface area contributed by atoms with Crippen molar-refractivity contribution in [2.24, 2.45) is 0 Å². The van der Waals surface area contributed by atoms with Gasteiger partial charge in [0.25, 0.3) is 0 Å². The zero-order valence-corrected chi connectivity index (χ0v) is 8.96. The minimum atomic E-state index is 0. The molecule has 1 rings (SSSR count). The Bertz CT molecular complexity index is 106. The van der Waals surface area contributed by atoms with Crippen LogP contribution in [0, 0.1) is 6.08 Å². The van der Waals surface area contributed by atoms with Gasteiger partial charge in [-0.05, 0) is 0 Å². The largest absolute Gasteiger partial charge is 0.273 e. The van der Waals surface area contributed by atoms with E-state index in [1.807, 2.05) is 12.2 Å². The molecule has 0 saturated heterocycles. The number of allylic oxidation sites excluding steroid dienone is 5. The molecule has 0 atom stereocenters. The van der Waals surface area contributed by atoms with E-state index >= 15 is 0 Å². The Morgan fingerprint density at radius 3 is 2.40 bits per heavy atom. The third-order valence-electron chi connectivity index (χ3n) is 0.695. The standard InChI is InChI=1S/C5H5.C3H5Br.Ti/c1-2-4-5-3-1;1-2-3-4;/h1-3H,4H2;2H,1,3H2;/q-1;;. The summed E-state index contributed by atoms with van der Waals surface area (Å²) in [4.78, 5) is 0. The first-order chi connectivity index (χ1) is 4.41. The first kappa shape index (κ1) is 13.0. The van der Waals surface area contributed by atoms with Crippen LogP contribution in [0.15, 0.2) is 30.9 Å². The first-order valence-electron chi connectivity index (χ1n) is 2.80. The van der Waals surface area contributed by atoms with Crippen LogP contribution >= 0.6 is 15.9 Å². The zero-order valence-electron chi connectivity index (χ0n) is 5.81. The van der Waals surface area contributed by atoms with Gasteiger partial charge < -0.3 is 0 Å². The topological polar surface area (TPSA) is 0 Å². The van der Waals surface area contributed by atoms with Crippen LogP contribution in [-0.2, 0) is 21.7 Å². The van der Waals surface area contributed by atoms with Gasteiger partial charge in [0.1, 0.15) is 0 Å². The molecule has 0 aliphatic heterocycles. The van der Waals surface area contributed by atoms with E-state index in [2.05, 4.69) is 34.7 Å². The maximum atomic E-state index is 3.43. The second kappa shape index (κ2) is 12.1. The van der Waals surface area contributed by atoms with Crippen LogP contribution in [0.25, 0.3) is 0 Å². The fourth-order valence-electron chi connectivity index (χ4n) is 0.340. The van der Waals surface area contributed by atoms with E-state index in [0.717, 1.165) is 11.8 Å². The number of hydrogen-bond donors (Lipinski definition) is 0. The molecular formula is C8H10BrTi-. The van der Waals surface area contributed by atoms with Crippen molar-refractivity contribution in [2.75, 3.05) is 5.33 Å². The van der Waals surface area contributed by atoms with Gasteiger partial charge in [-0.2, -0.15) is 6.08 Å². The third-order valence-corrected chi connectivity index (χ3v) is 1.15. The molecule has 0 aromatic heterocycles. The van der Waals surface area contributed by atoms with E-state index in [4.69, 9.17) is 0 Å². The molecule has 0 spiro atoms. The predicted octanol–water partition coefficient (Wildman–Crippen LogP) is 2.87. The summed E-state index contributed by atoms with van der Waals surface area (Å²) in [6, 6.07) is 0. The van der Waals surface area contributed by atoms with Crippen LogP contribution in [0.3, 0.4) is 0 Å². The predicted molar refractivity (Wildman–Crippen MR) is 45.6 cm³/mol. The summed E-state index contributed by atoms with van der Waals surface area (Å²) >= 11 is 3.13. The van der Waals surface area contributed by atoms with Gasteiger partial charge in [-0.1, -0.05) is 22.0 Å². The average molecular weight is 234 g/mol. The quantitative estimate of drug-likeness (QED) is 0.283. The van der Waals surface area contributed by atoms with E-state index in [0.29, 0.717) is 0 Å². The summed E-state index contributed by atoms with van der Waals surface area (Å²) in [7, 11) is 0. The Morgan fingerprint density at radius 2 is 2.30 bits per heavy atom. The van der Waals surface area contributed by atoms with Crippen molar-refractivity contribution >= 4 is 15.9 Å². The van der Waals surface area contributed by atoms with Gasteiger partial charge in [-0.3, -0.25) is 6.08 Å². The molecule has 10 heavy (non-hydrogen) atoms. The number of halogens is 1. The number of alkyl halides is 1. The maximum absolute atomic E-state index is 3.43. The fourth-order valence-corrected chi connectivity index (χ4v) is 0.340. The van der Waals surface area contributed by atoms with E-state index in [9.17, 15) is 0 Å². The summed E-state index contributed by atoms with van der Waals surface area (Å²) in [5, 5.41) is 0.896. The van der Waals surface area contributed by atoms with Crippen molar-refractivity contribution in [2.45, 2.75) is 6.42 Å². The van der Waals surface area contributed by atoms with Crippen LogP contribution in [0.2, 0.25) is 0 Å². The number of rotatable bonds is 1. The third kappa shape index (κ3) is 11.2. The van der Waals surface area contributed by atoms with E-state index in [1.54, 1.807) is 6.08 Å². The normalized spacial score (nSPS) is 11.3. The summed E-state index contributed by atoms with van der Waals surface area (Å²) in [6.07, 6.45) is 11.8. The van der Waals surface area contributed by atoms with Gasteiger partial charge in [0.15, 0.2) is 0 Å². The minimum absolute atomic E-state index is 0. The van der Waals surface area contributed by atoms with Gasteiger partial charge in [-0.15, -0.1) is 13.0 Å². The smallest absolute Gasteiger partial charge is 0.0209 e. The van der Waals surface area contributed by atoms with E-state index in [-0.39, 0.29) is 21.7 Å². The second-order valence-corrected chi connectivity index (χ2v) is 2.09. The molecule has 0 aromatic rings. The molecule has 0 unspecified atom stereocenters. The van der Waals surface area contributed by atoms with Crippen molar-refractivity contribution in [3.8, 4) is 0 Å². The van der Waals surface area contributed by atoms with Crippen molar-refractivity contribution in [1.82, 2.24) is 0 Å². The molecule has 0 aromatic carbocycles. The molecule has 0 radical (unpaired) electrons. The molecule has 2 heteroatoms. The summed E-state index contributed by atoms with van der Waals surface area (Å²) in [5.41, 5.74) is 0. The molecule has 0 fully saturated rings. The van der Waals surface area contributed by atoms with Crippen molar-refractivity contribution in [1.29, 1.82) is 0 Å². The maximum Gasteiger partial charge on any atom is 0.0209 e. The Hall–Kier alpha value is 0.414. The molecular weight excluding hydrogens is 224 g/mol. The molecule has 1 aliphatic carbocycles. The minimum Gasteiger partial charge on any atom is -0.273 e. The molecule has 54 valence electrons. The molecule has 0 bridgehead atoms. The van der Waals surface area contributed by atoms with Gasteiger partial charge in [0.05, 0.1) is 0 Å². The van der Waals surface area contributed by atoms with E-state index < -0.39 is 0 Å². The molecule has 0 N–H and O–H groups in total. The second-order valence-electron chi connectivity index (χ2n) is 1.45. The van der Waals surface area contributed by atoms with Crippen LogP contribution in [0.1, 0.15) is 6.42 Å². The van der Waals surface area contributed by atoms with Crippen LogP contribution in [0.4, 0.5) is 0 Å². The molecule has 0 nitrogen and oxygen atoms in total. The average Bonchev–Trinajstić information content (AvgIpc) is 2.43. The Morgan fingerprint density at radius 1 is 1.70 bits per heavy atom. The summed E-state index contributed by atoms with van der Waals surface area (Å²) in [6.45, 7) is 3.43. The van der Waals surface area contributed by atoms with Gasteiger partial charge in [-0.25, -0.2) is 12.2 Å². The number of hydrogen-bond acceptors (Lipinski definition) is 0. The van der Waals surface area contributed by atoms with Gasteiger partial charge in [0.2, 0.25) is 0 Å². The molecule has 0 saturated carbocycles. The molecule has 0 amide bonds. The molecule has 0 heterocycles. The van der Waals surface area contributed by atoms with Crippen LogP contribution < -0.4 is 0 Å². The van der Waals surface area contributed by atoms with E-state index in [1.165, 1.54) is 0 Å². The van der Waals surface area contributed by atoms with Crippen molar-refractivity contribution in [3.63, 3.8) is 0 Å².